The molecule has 0 radical (unpaired) electrons. The molecule has 0 saturated carbocycles. The fraction of sp³-hybridized carbons (Fsp3) is 0.889. The molecule has 13 heavy (non-hydrogen) atoms. The SMILES string of the molecule is CC1CNC(=O)N1C1CCCCN1. The molecular formula is C9H17N3O. The number of nitrogens with zero attached hydrogens (tertiary/aromatic N) is 1. The molecule has 4 heteroatoms. The van der Waals surface area contributed by atoms with Crippen molar-refractivity contribution in [3.05, 3.63) is 0 Å². The topological polar surface area (TPSA) is 44.4 Å². The van der Waals surface area contributed by atoms with E-state index in [1.165, 1.54) is 12.8 Å². The molecule has 2 unspecified atom stereocenters. The molecule has 2 fully saturated rings. The second-order valence-corrected chi connectivity index (χ2v) is 3.91. The van der Waals surface area contributed by atoms with Crippen LogP contribution < -0.4 is 10.6 Å². The maximum Gasteiger partial charge on any atom is 0.319 e. The Labute approximate surface area is 78.7 Å². The third-order valence-corrected chi connectivity index (χ3v) is 2.88. The van der Waals surface area contributed by atoms with Crippen molar-refractivity contribution < 1.29 is 4.79 Å². The van der Waals surface area contributed by atoms with Gasteiger partial charge >= 0.3 is 6.03 Å². The number of hydrogen-bond donors (Lipinski definition) is 2. The zero-order chi connectivity index (χ0) is 9.26. The molecule has 0 aliphatic carbocycles. The minimum absolute atomic E-state index is 0.0897. The molecule has 2 heterocycles. The van der Waals surface area contributed by atoms with Crippen LogP contribution in [0.25, 0.3) is 0 Å². The smallest absolute Gasteiger partial charge is 0.319 e. The Balaban J connectivity index is 2.00. The highest BCUT2D eigenvalue weighted by Crippen LogP contribution is 2.17. The van der Waals surface area contributed by atoms with E-state index >= 15 is 0 Å². The van der Waals surface area contributed by atoms with Gasteiger partial charge in [0.2, 0.25) is 0 Å². The first kappa shape index (κ1) is 8.81. The maximum atomic E-state index is 11.5. The van der Waals surface area contributed by atoms with E-state index in [2.05, 4.69) is 17.6 Å². The maximum absolute atomic E-state index is 11.5. The van der Waals surface area contributed by atoms with Crippen LogP contribution >= 0.6 is 0 Å². The number of piperidine rings is 1. The minimum Gasteiger partial charge on any atom is -0.336 e. The molecule has 74 valence electrons. The Morgan fingerprint density at radius 1 is 1.46 bits per heavy atom. The van der Waals surface area contributed by atoms with Gasteiger partial charge in [0, 0.05) is 12.6 Å². The second kappa shape index (κ2) is 3.54. The number of rotatable bonds is 1. The standard InChI is InChI=1S/C9H17N3O/c1-7-6-11-9(13)12(7)8-4-2-3-5-10-8/h7-8,10H,2-6H2,1H3,(H,11,13). The predicted octanol–water partition coefficient (Wildman–Crippen LogP) is 0.500. The van der Waals surface area contributed by atoms with Gasteiger partial charge in [-0.15, -0.1) is 0 Å². The second-order valence-electron chi connectivity index (χ2n) is 3.91. The lowest BCUT2D eigenvalue weighted by molar-refractivity contribution is 0.146. The Hall–Kier alpha value is -0.770. The van der Waals surface area contributed by atoms with E-state index in [9.17, 15) is 4.79 Å². The van der Waals surface area contributed by atoms with Crippen molar-refractivity contribution in [3.63, 3.8) is 0 Å². The Morgan fingerprint density at radius 3 is 2.85 bits per heavy atom. The van der Waals surface area contributed by atoms with E-state index < -0.39 is 0 Å². The van der Waals surface area contributed by atoms with Gasteiger partial charge in [-0.2, -0.15) is 0 Å². The van der Waals surface area contributed by atoms with Gasteiger partial charge in [0.05, 0.1) is 6.17 Å². The highest BCUT2D eigenvalue weighted by molar-refractivity contribution is 5.77. The number of amides is 2. The van der Waals surface area contributed by atoms with E-state index in [1.54, 1.807) is 0 Å². The summed E-state index contributed by atoms with van der Waals surface area (Å²) in [6.45, 7) is 3.92. The van der Waals surface area contributed by atoms with Crippen LogP contribution in [0.5, 0.6) is 0 Å². The third kappa shape index (κ3) is 1.63. The van der Waals surface area contributed by atoms with Gasteiger partial charge in [0.25, 0.3) is 0 Å². The van der Waals surface area contributed by atoms with Crippen molar-refractivity contribution in [2.75, 3.05) is 13.1 Å². The third-order valence-electron chi connectivity index (χ3n) is 2.88. The van der Waals surface area contributed by atoms with E-state index in [0.717, 1.165) is 19.5 Å². The highest BCUT2D eigenvalue weighted by Gasteiger charge is 2.33. The van der Waals surface area contributed by atoms with Crippen molar-refractivity contribution in [1.29, 1.82) is 0 Å². The number of nitrogens with one attached hydrogen (secondary N) is 2. The largest absolute Gasteiger partial charge is 0.336 e. The highest BCUT2D eigenvalue weighted by atomic mass is 16.2. The Morgan fingerprint density at radius 2 is 2.31 bits per heavy atom. The summed E-state index contributed by atoms with van der Waals surface area (Å²) < 4.78 is 0. The summed E-state index contributed by atoms with van der Waals surface area (Å²) in [5, 5.41) is 6.25. The summed E-state index contributed by atoms with van der Waals surface area (Å²) in [7, 11) is 0. The summed E-state index contributed by atoms with van der Waals surface area (Å²) in [4.78, 5) is 13.4. The molecule has 0 bridgehead atoms. The van der Waals surface area contributed by atoms with Crippen molar-refractivity contribution >= 4 is 6.03 Å². The summed E-state index contributed by atoms with van der Waals surface area (Å²) >= 11 is 0. The zero-order valence-corrected chi connectivity index (χ0v) is 8.05. The van der Waals surface area contributed by atoms with Crippen molar-refractivity contribution in [3.8, 4) is 0 Å². The van der Waals surface area contributed by atoms with E-state index in [0.29, 0.717) is 6.04 Å². The Bertz CT molecular complexity index is 201. The average Bonchev–Trinajstić information content (AvgIpc) is 2.48. The predicted molar refractivity (Wildman–Crippen MR) is 50.3 cm³/mol. The lowest BCUT2D eigenvalue weighted by Crippen LogP contribution is -2.51. The molecule has 2 amide bonds. The fourth-order valence-electron chi connectivity index (χ4n) is 2.14. The van der Waals surface area contributed by atoms with Crippen LogP contribution in [0.3, 0.4) is 0 Å². The first-order chi connectivity index (χ1) is 6.29. The fourth-order valence-corrected chi connectivity index (χ4v) is 2.14. The molecule has 2 aliphatic heterocycles. The van der Waals surface area contributed by atoms with Gasteiger partial charge in [0.15, 0.2) is 0 Å². The van der Waals surface area contributed by atoms with Crippen molar-refractivity contribution in [2.45, 2.75) is 38.4 Å². The van der Waals surface area contributed by atoms with Crippen LogP contribution in [0.2, 0.25) is 0 Å². The first-order valence-electron chi connectivity index (χ1n) is 5.08. The molecule has 2 rings (SSSR count). The molecule has 2 atom stereocenters. The molecule has 2 saturated heterocycles. The molecule has 0 aromatic rings. The quantitative estimate of drug-likeness (QED) is 0.621. The van der Waals surface area contributed by atoms with Gasteiger partial charge < -0.3 is 10.2 Å². The lowest BCUT2D eigenvalue weighted by atomic mass is 10.1. The number of carbonyl (C=O) groups is 1. The summed E-state index contributed by atoms with van der Waals surface area (Å²) in [6.07, 6.45) is 3.83. The number of urea groups is 1. The van der Waals surface area contributed by atoms with Gasteiger partial charge in [0.1, 0.15) is 0 Å². The molecule has 0 aromatic heterocycles. The number of hydrogen-bond acceptors (Lipinski definition) is 2. The molecular weight excluding hydrogens is 166 g/mol. The normalized spacial score (nSPS) is 34.8. The van der Waals surface area contributed by atoms with E-state index in [1.807, 2.05) is 4.90 Å². The summed E-state index contributed by atoms with van der Waals surface area (Å²) in [6, 6.07) is 0.426. The summed E-state index contributed by atoms with van der Waals surface area (Å²) in [5.74, 6) is 0. The van der Waals surface area contributed by atoms with Gasteiger partial charge in [-0.25, -0.2) is 4.79 Å². The van der Waals surface area contributed by atoms with Crippen molar-refractivity contribution in [1.82, 2.24) is 15.5 Å². The molecule has 2 N–H and O–H groups in total. The van der Waals surface area contributed by atoms with E-state index in [-0.39, 0.29) is 12.2 Å². The lowest BCUT2D eigenvalue weighted by Gasteiger charge is -2.33. The average molecular weight is 183 g/mol. The van der Waals surface area contributed by atoms with E-state index in [4.69, 9.17) is 0 Å². The van der Waals surface area contributed by atoms with Crippen LogP contribution in [0, 0.1) is 0 Å². The zero-order valence-electron chi connectivity index (χ0n) is 8.05. The van der Waals surface area contributed by atoms with Crippen molar-refractivity contribution in [2.24, 2.45) is 0 Å². The first-order valence-corrected chi connectivity index (χ1v) is 5.08. The van der Waals surface area contributed by atoms with Crippen LogP contribution in [0.1, 0.15) is 26.2 Å². The van der Waals surface area contributed by atoms with Crippen LogP contribution in [0.4, 0.5) is 4.79 Å². The number of carbonyl (C=O) groups excluding carboxylic acids is 1. The molecule has 0 spiro atoms. The molecule has 0 aromatic carbocycles. The minimum atomic E-state index is 0.0897. The van der Waals surface area contributed by atoms with Crippen LogP contribution in [0.15, 0.2) is 0 Å². The molecule has 4 nitrogen and oxygen atoms in total. The van der Waals surface area contributed by atoms with Crippen LogP contribution in [-0.2, 0) is 0 Å². The van der Waals surface area contributed by atoms with Crippen LogP contribution in [-0.4, -0.2) is 36.2 Å². The Kier molecular flexibility index (Phi) is 2.40. The van der Waals surface area contributed by atoms with Gasteiger partial charge in [-0.05, 0) is 32.7 Å². The molecule has 2 aliphatic rings. The summed E-state index contributed by atoms with van der Waals surface area (Å²) in [5.41, 5.74) is 0. The monoisotopic (exact) mass is 183 g/mol. The van der Waals surface area contributed by atoms with Gasteiger partial charge in [-0.3, -0.25) is 5.32 Å². The van der Waals surface area contributed by atoms with Gasteiger partial charge in [-0.1, -0.05) is 0 Å².